The number of rotatable bonds is 6. The Balaban J connectivity index is 1.71. The molecule has 1 aliphatic rings. The summed E-state index contributed by atoms with van der Waals surface area (Å²) >= 11 is 6.13. The second-order valence-corrected chi connectivity index (χ2v) is 6.71. The summed E-state index contributed by atoms with van der Waals surface area (Å²) in [7, 11) is 0. The zero-order valence-electron chi connectivity index (χ0n) is 14.3. The van der Waals surface area contributed by atoms with E-state index in [2.05, 4.69) is 5.32 Å². The summed E-state index contributed by atoms with van der Waals surface area (Å²) in [5, 5.41) is 3.32. The van der Waals surface area contributed by atoms with Gasteiger partial charge >= 0.3 is 5.97 Å². The Bertz CT molecular complexity index is 889. The number of halogens is 1. The maximum Gasteiger partial charge on any atom is 0.340 e. The summed E-state index contributed by atoms with van der Waals surface area (Å²) < 4.78 is 6.58. The largest absolute Gasteiger partial charge is 0.449 e. The summed E-state index contributed by atoms with van der Waals surface area (Å²) in [6.45, 7) is 1.76. The lowest BCUT2D eigenvalue weighted by Gasteiger charge is -2.14. The van der Waals surface area contributed by atoms with E-state index in [-0.39, 0.29) is 29.6 Å². The van der Waals surface area contributed by atoms with Crippen LogP contribution >= 0.6 is 11.6 Å². The number of hydrogen-bond acceptors (Lipinski definition) is 4. The molecule has 1 aliphatic carbocycles. The molecule has 6 nitrogen and oxygen atoms in total. The van der Waals surface area contributed by atoms with E-state index >= 15 is 0 Å². The normalized spacial score (nSPS) is 14.5. The van der Waals surface area contributed by atoms with Crippen molar-refractivity contribution < 1.29 is 14.3 Å². The molecule has 1 aromatic heterocycles. The van der Waals surface area contributed by atoms with Crippen LogP contribution in [0.3, 0.4) is 0 Å². The third-order valence-electron chi connectivity index (χ3n) is 4.09. The summed E-state index contributed by atoms with van der Waals surface area (Å²) in [4.78, 5) is 36.3. The number of ether oxygens (including phenoxy) is 1. The van der Waals surface area contributed by atoms with Gasteiger partial charge in [0, 0.05) is 23.3 Å². The number of carbonyl (C=O) groups is 2. The molecule has 0 radical (unpaired) electrons. The van der Waals surface area contributed by atoms with Crippen LogP contribution in [0.2, 0.25) is 5.02 Å². The highest BCUT2D eigenvalue weighted by atomic mass is 35.5. The molecule has 1 aromatic carbocycles. The molecule has 0 spiro atoms. The summed E-state index contributed by atoms with van der Waals surface area (Å²) in [5.41, 5.74) is 0.697. The van der Waals surface area contributed by atoms with Gasteiger partial charge in [-0.1, -0.05) is 29.8 Å². The van der Waals surface area contributed by atoms with Gasteiger partial charge < -0.3 is 14.6 Å². The standard InChI is InChI=1S/C19H19ClN2O4/c1-12(18(24)21-15-7-8-15)26-19(25)14-6-9-17(23)22(11-14)10-13-4-2-3-5-16(13)20/h2-6,9,11-12,15H,7-8,10H2,1H3,(H,21,24). The Morgan fingerprint density at radius 3 is 2.69 bits per heavy atom. The molecule has 1 heterocycles. The minimum atomic E-state index is -0.896. The first kappa shape index (κ1) is 18.2. The first-order valence-electron chi connectivity index (χ1n) is 8.39. The molecule has 136 valence electrons. The van der Waals surface area contributed by atoms with E-state index in [1.54, 1.807) is 12.1 Å². The van der Waals surface area contributed by atoms with Crippen LogP contribution in [-0.4, -0.2) is 28.6 Å². The Kier molecular flexibility index (Phi) is 5.42. The zero-order chi connectivity index (χ0) is 18.7. The maximum atomic E-state index is 12.3. The highest BCUT2D eigenvalue weighted by Gasteiger charge is 2.27. The van der Waals surface area contributed by atoms with Gasteiger partial charge in [0.2, 0.25) is 0 Å². The average molecular weight is 375 g/mol. The molecule has 1 amide bonds. The molecule has 2 aromatic rings. The van der Waals surface area contributed by atoms with E-state index in [1.807, 2.05) is 12.1 Å². The monoisotopic (exact) mass is 374 g/mol. The molecular formula is C19H19ClN2O4. The number of esters is 1. The van der Waals surface area contributed by atoms with Crippen molar-refractivity contribution in [2.45, 2.75) is 38.5 Å². The number of amides is 1. The van der Waals surface area contributed by atoms with E-state index in [4.69, 9.17) is 16.3 Å². The van der Waals surface area contributed by atoms with Gasteiger partial charge in [0.1, 0.15) is 0 Å². The van der Waals surface area contributed by atoms with Crippen molar-refractivity contribution in [2.75, 3.05) is 0 Å². The van der Waals surface area contributed by atoms with Crippen LogP contribution in [0.25, 0.3) is 0 Å². The number of hydrogen-bond donors (Lipinski definition) is 1. The Morgan fingerprint density at radius 2 is 2.00 bits per heavy atom. The first-order valence-corrected chi connectivity index (χ1v) is 8.77. The van der Waals surface area contributed by atoms with E-state index in [1.165, 1.54) is 29.8 Å². The van der Waals surface area contributed by atoms with Crippen LogP contribution in [0, 0.1) is 0 Å². The molecule has 1 unspecified atom stereocenters. The van der Waals surface area contributed by atoms with Gasteiger partial charge in [-0.25, -0.2) is 4.79 Å². The molecule has 1 N–H and O–H groups in total. The molecule has 0 bridgehead atoms. The molecule has 0 aliphatic heterocycles. The van der Waals surface area contributed by atoms with Crippen molar-refractivity contribution >= 4 is 23.5 Å². The van der Waals surface area contributed by atoms with Gasteiger partial charge in [-0.2, -0.15) is 0 Å². The van der Waals surface area contributed by atoms with E-state index in [9.17, 15) is 14.4 Å². The number of carbonyl (C=O) groups excluding carboxylic acids is 2. The molecule has 3 rings (SSSR count). The molecular weight excluding hydrogens is 356 g/mol. The van der Waals surface area contributed by atoms with Crippen LogP contribution in [0.1, 0.15) is 35.7 Å². The van der Waals surface area contributed by atoms with Gasteiger partial charge in [0.15, 0.2) is 6.10 Å². The maximum absolute atomic E-state index is 12.3. The van der Waals surface area contributed by atoms with Crippen LogP contribution in [-0.2, 0) is 16.1 Å². The SMILES string of the molecule is CC(OC(=O)c1ccc(=O)n(Cc2ccccc2Cl)c1)C(=O)NC1CC1. The number of aromatic nitrogens is 1. The Labute approximate surface area is 155 Å². The summed E-state index contributed by atoms with van der Waals surface area (Å²) in [6, 6.07) is 10.0. The highest BCUT2D eigenvalue weighted by Crippen LogP contribution is 2.19. The van der Waals surface area contributed by atoms with Crippen molar-refractivity contribution in [3.05, 3.63) is 69.1 Å². The third kappa shape index (κ3) is 4.52. The van der Waals surface area contributed by atoms with E-state index in [0.29, 0.717) is 5.02 Å². The van der Waals surface area contributed by atoms with Crippen LogP contribution < -0.4 is 10.9 Å². The van der Waals surface area contributed by atoms with Crippen molar-refractivity contribution in [2.24, 2.45) is 0 Å². The van der Waals surface area contributed by atoms with Crippen molar-refractivity contribution in [1.29, 1.82) is 0 Å². The topological polar surface area (TPSA) is 77.4 Å². The second kappa shape index (κ2) is 7.74. The average Bonchev–Trinajstić information content (AvgIpc) is 3.42. The highest BCUT2D eigenvalue weighted by molar-refractivity contribution is 6.31. The van der Waals surface area contributed by atoms with Crippen LogP contribution in [0.15, 0.2) is 47.4 Å². The molecule has 0 saturated heterocycles. The molecule has 1 fully saturated rings. The molecule has 26 heavy (non-hydrogen) atoms. The Hall–Kier alpha value is -2.60. The van der Waals surface area contributed by atoms with Gasteiger partial charge in [0.05, 0.1) is 12.1 Å². The Morgan fingerprint density at radius 1 is 1.27 bits per heavy atom. The van der Waals surface area contributed by atoms with Gasteiger partial charge in [-0.15, -0.1) is 0 Å². The zero-order valence-corrected chi connectivity index (χ0v) is 15.0. The lowest BCUT2D eigenvalue weighted by Crippen LogP contribution is -2.37. The third-order valence-corrected chi connectivity index (χ3v) is 4.46. The van der Waals surface area contributed by atoms with E-state index in [0.717, 1.165) is 18.4 Å². The van der Waals surface area contributed by atoms with Crippen molar-refractivity contribution in [3.63, 3.8) is 0 Å². The molecule has 1 saturated carbocycles. The van der Waals surface area contributed by atoms with Crippen LogP contribution in [0.4, 0.5) is 0 Å². The minimum absolute atomic E-state index is 0.196. The van der Waals surface area contributed by atoms with Gasteiger partial charge in [0.25, 0.3) is 11.5 Å². The summed E-state index contributed by atoms with van der Waals surface area (Å²) in [5.74, 6) is -0.971. The lowest BCUT2D eigenvalue weighted by molar-refractivity contribution is -0.129. The fourth-order valence-electron chi connectivity index (χ4n) is 2.41. The van der Waals surface area contributed by atoms with E-state index < -0.39 is 12.1 Å². The van der Waals surface area contributed by atoms with Crippen molar-refractivity contribution in [3.8, 4) is 0 Å². The predicted octanol–water partition coefficient (Wildman–Crippen LogP) is 2.37. The van der Waals surface area contributed by atoms with Gasteiger partial charge in [-0.05, 0) is 37.5 Å². The van der Waals surface area contributed by atoms with Gasteiger partial charge in [-0.3, -0.25) is 9.59 Å². The number of pyridine rings is 1. The van der Waals surface area contributed by atoms with Crippen molar-refractivity contribution in [1.82, 2.24) is 9.88 Å². The molecule has 1 atom stereocenters. The fraction of sp³-hybridized carbons (Fsp3) is 0.316. The minimum Gasteiger partial charge on any atom is -0.449 e. The smallest absolute Gasteiger partial charge is 0.340 e. The molecule has 7 heteroatoms. The second-order valence-electron chi connectivity index (χ2n) is 6.31. The lowest BCUT2D eigenvalue weighted by atomic mass is 10.2. The summed E-state index contributed by atoms with van der Waals surface area (Å²) in [6.07, 6.45) is 2.44. The fourth-order valence-corrected chi connectivity index (χ4v) is 2.61. The number of benzene rings is 1. The van der Waals surface area contributed by atoms with Crippen LogP contribution in [0.5, 0.6) is 0 Å². The predicted molar refractivity (Wildman–Crippen MR) is 97.3 cm³/mol. The first-order chi connectivity index (χ1) is 12.4. The number of nitrogens with zero attached hydrogens (tertiary/aromatic N) is 1. The number of nitrogens with one attached hydrogen (secondary N) is 1. The quantitative estimate of drug-likeness (QED) is 0.787.